The molecule has 3 aromatic carbocycles. The van der Waals surface area contributed by atoms with E-state index in [1.165, 1.54) is 0 Å². The van der Waals surface area contributed by atoms with Crippen LogP contribution in [0.3, 0.4) is 0 Å². The number of nitrogens with one attached hydrogen (secondary N) is 3. The van der Waals surface area contributed by atoms with Crippen molar-refractivity contribution in [2.24, 2.45) is 5.92 Å². The van der Waals surface area contributed by atoms with Crippen LogP contribution in [-0.2, 0) is 4.79 Å². The van der Waals surface area contributed by atoms with E-state index in [4.69, 9.17) is 4.74 Å². The summed E-state index contributed by atoms with van der Waals surface area (Å²) in [6.45, 7) is 4.05. The Morgan fingerprint density at radius 1 is 0.935 bits per heavy atom. The van der Waals surface area contributed by atoms with Crippen LogP contribution in [0.25, 0.3) is 11.0 Å². The molecular weight excluding hydrogens is 388 g/mol. The molecule has 4 aromatic rings. The van der Waals surface area contributed by atoms with Crippen LogP contribution >= 0.6 is 0 Å². The number of imidazole rings is 1. The molecule has 0 spiro atoms. The Kier molecular flexibility index (Phi) is 6.17. The van der Waals surface area contributed by atoms with Crippen molar-refractivity contribution in [3.8, 4) is 5.75 Å². The topological polar surface area (TPSA) is 79.0 Å². The van der Waals surface area contributed by atoms with E-state index in [9.17, 15) is 4.79 Å². The number of hydrogen-bond acceptors (Lipinski definition) is 4. The lowest BCUT2D eigenvalue weighted by atomic mass is 10.0. The summed E-state index contributed by atoms with van der Waals surface area (Å²) in [7, 11) is 0. The van der Waals surface area contributed by atoms with Crippen molar-refractivity contribution < 1.29 is 9.53 Å². The second-order valence-corrected chi connectivity index (χ2v) is 7.73. The van der Waals surface area contributed by atoms with Gasteiger partial charge in [0.1, 0.15) is 11.6 Å². The normalized spacial score (nSPS) is 12.0. The Hall–Kier alpha value is -3.80. The third-order valence-corrected chi connectivity index (χ3v) is 4.97. The van der Waals surface area contributed by atoms with E-state index in [-0.39, 0.29) is 24.5 Å². The molecule has 3 N–H and O–H groups in total. The summed E-state index contributed by atoms with van der Waals surface area (Å²) in [6.07, 6.45) is 0. The monoisotopic (exact) mass is 414 g/mol. The first kappa shape index (κ1) is 20.5. The number of hydrogen-bond donors (Lipinski definition) is 3. The van der Waals surface area contributed by atoms with Gasteiger partial charge in [0.15, 0.2) is 6.61 Å². The molecule has 4 rings (SSSR count). The smallest absolute Gasteiger partial charge is 0.258 e. The minimum atomic E-state index is -0.221. The number of fused-ring (bicyclic) bond motifs is 1. The van der Waals surface area contributed by atoms with Gasteiger partial charge in [-0.25, -0.2) is 4.98 Å². The van der Waals surface area contributed by atoms with Gasteiger partial charge in [-0.15, -0.1) is 0 Å². The highest BCUT2D eigenvalue weighted by Gasteiger charge is 2.22. The number of amides is 1. The van der Waals surface area contributed by atoms with Crippen LogP contribution in [0.15, 0.2) is 78.9 Å². The molecule has 6 nitrogen and oxygen atoms in total. The molecule has 0 aliphatic carbocycles. The van der Waals surface area contributed by atoms with Crippen LogP contribution in [-0.4, -0.2) is 22.5 Å². The first-order valence-corrected chi connectivity index (χ1v) is 10.4. The highest BCUT2D eigenvalue weighted by molar-refractivity contribution is 5.79. The molecule has 0 fully saturated rings. The Morgan fingerprint density at radius 2 is 1.61 bits per heavy atom. The summed E-state index contributed by atoms with van der Waals surface area (Å²) in [5.41, 5.74) is 3.81. The fourth-order valence-electron chi connectivity index (χ4n) is 3.36. The summed E-state index contributed by atoms with van der Waals surface area (Å²) in [5, 5.41) is 6.36. The van der Waals surface area contributed by atoms with Gasteiger partial charge in [-0.1, -0.05) is 44.2 Å². The molecule has 6 heteroatoms. The van der Waals surface area contributed by atoms with E-state index in [1.54, 1.807) is 0 Å². The number of carbonyl (C=O) groups excluding carboxylic acids is 1. The number of H-pyrrole nitrogens is 1. The lowest BCUT2D eigenvalue weighted by molar-refractivity contribution is -0.124. The van der Waals surface area contributed by atoms with Gasteiger partial charge in [0.2, 0.25) is 0 Å². The maximum absolute atomic E-state index is 12.5. The number of aromatic amines is 1. The molecule has 0 radical (unpaired) electrons. The summed E-state index contributed by atoms with van der Waals surface area (Å²) < 4.78 is 5.68. The number of benzene rings is 3. The zero-order valence-corrected chi connectivity index (χ0v) is 17.6. The van der Waals surface area contributed by atoms with Crippen molar-refractivity contribution in [1.29, 1.82) is 0 Å². The van der Waals surface area contributed by atoms with Crippen LogP contribution in [0, 0.1) is 5.92 Å². The predicted molar refractivity (Wildman–Crippen MR) is 123 cm³/mol. The van der Waals surface area contributed by atoms with E-state index in [0.717, 1.165) is 28.2 Å². The molecule has 1 atom stereocenters. The lowest BCUT2D eigenvalue weighted by Gasteiger charge is -2.20. The maximum Gasteiger partial charge on any atom is 0.258 e. The molecule has 0 bridgehead atoms. The van der Waals surface area contributed by atoms with Gasteiger partial charge in [-0.2, -0.15) is 0 Å². The van der Waals surface area contributed by atoms with Gasteiger partial charge in [0.25, 0.3) is 5.91 Å². The Labute approximate surface area is 181 Å². The third kappa shape index (κ3) is 5.22. The number of rotatable bonds is 8. The van der Waals surface area contributed by atoms with Gasteiger partial charge in [0.05, 0.1) is 17.1 Å². The molecule has 0 aliphatic rings. The van der Waals surface area contributed by atoms with Gasteiger partial charge in [0, 0.05) is 11.4 Å². The van der Waals surface area contributed by atoms with E-state index < -0.39 is 0 Å². The Balaban J connectivity index is 1.34. The average molecular weight is 415 g/mol. The fraction of sp³-hybridized carbons (Fsp3) is 0.200. The molecule has 158 valence electrons. The summed E-state index contributed by atoms with van der Waals surface area (Å²) in [4.78, 5) is 20.5. The number of nitrogens with zero attached hydrogens (tertiary/aromatic N) is 1. The minimum absolute atomic E-state index is 0.0606. The highest BCUT2D eigenvalue weighted by Crippen LogP contribution is 2.23. The molecule has 1 amide bonds. The Bertz CT molecular complexity index is 1100. The molecule has 1 aromatic heterocycles. The van der Waals surface area contributed by atoms with Crippen LogP contribution in [0.2, 0.25) is 0 Å². The van der Waals surface area contributed by atoms with E-state index in [0.29, 0.717) is 5.75 Å². The molecule has 0 saturated carbocycles. The van der Waals surface area contributed by atoms with Crippen LogP contribution in [0.5, 0.6) is 5.75 Å². The first-order chi connectivity index (χ1) is 15.1. The van der Waals surface area contributed by atoms with Crippen molar-refractivity contribution in [3.05, 3.63) is 84.7 Å². The maximum atomic E-state index is 12.5. The van der Waals surface area contributed by atoms with Crippen LogP contribution in [0.1, 0.15) is 25.7 Å². The quantitative estimate of drug-likeness (QED) is 0.370. The second-order valence-electron chi connectivity index (χ2n) is 7.73. The molecule has 31 heavy (non-hydrogen) atoms. The van der Waals surface area contributed by atoms with Crippen molar-refractivity contribution in [2.45, 2.75) is 19.9 Å². The van der Waals surface area contributed by atoms with Gasteiger partial charge < -0.3 is 20.4 Å². The lowest BCUT2D eigenvalue weighted by Crippen LogP contribution is -2.35. The van der Waals surface area contributed by atoms with Crippen LogP contribution < -0.4 is 15.4 Å². The zero-order chi connectivity index (χ0) is 21.6. The summed E-state index contributed by atoms with van der Waals surface area (Å²) in [5.74, 6) is 1.37. The van der Waals surface area contributed by atoms with E-state index in [2.05, 4.69) is 34.4 Å². The number of para-hydroxylation sites is 3. The Morgan fingerprint density at radius 3 is 2.32 bits per heavy atom. The van der Waals surface area contributed by atoms with Crippen LogP contribution in [0.4, 0.5) is 11.4 Å². The molecular formula is C25H26N4O2. The first-order valence-electron chi connectivity index (χ1n) is 10.4. The zero-order valence-electron chi connectivity index (χ0n) is 17.6. The number of ether oxygens (including phenoxy) is 1. The minimum Gasteiger partial charge on any atom is -0.484 e. The standard InChI is InChI=1S/C25H26N4O2/c1-17(2)24(25-27-21-10-6-7-11-22(21)28-25)29-23(30)16-31-20-14-12-19(13-15-20)26-18-8-4-3-5-9-18/h3-15,17,24,26H,16H2,1-2H3,(H,27,28)(H,29,30). The molecule has 0 aliphatic heterocycles. The van der Waals surface area contributed by atoms with Crippen molar-refractivity contribution in [2.75, 3.05) is 11.9 Å². The summed E-state index contributed by atoms with van der Waals surface area (Å²) >= 11 is 0. The summed E-state index contributed by atoms with van der Waals surface area (Å²) in [6, 6.07) is 25.1. The van der Waals surface area contributed by atoms with E-state index in [1.807, 2.05) is 78.9 Å². The van der Waals surface area contributed by atoms with Crippen molar-refractivity contribution in [1.82, 2.24) is 15.3 Å². The molecule has 0 saturated heterocycles. The van der Waals surface area contributed by atoms with Crippen molar-refractivity contribution in [3.63, 3.8) is 0 Å². The largest absolute Gasteiger partial charge is 0.484 e. The fourth-order valence-corrected chi connectivity index (χ4v) is 3.36. The number of aromatic nitrogens is 2. The third-order valence-electron chi connectivity index (χ3n) is 4.97. The van der Waals surface area contributed by atoms with Gasteiger partial charge in [-0.3, -0.25) is 4.79 Å². The molecule has 1 unspecified atom stereocenters. The van der Waals surface area contributed by atoms with Gasteiger partial charge >= 0.3 is 0 Å². The molecule has 1 heterocycles. The second kappa shape index (κ2) is 9.34. The van der Waals surface area contributed by atoms with E-state index >= 15 is 0 Å². The SMILES string of the molecule is CC(C)C(NC(=O)COc1ccc(Nc2ccccc2)cc1)c1nc2ccccc2[nH]1. The highest BCUT2D eigenvalue weighted by atomic mass is 16.5. The van der Waals surface area contributed by atoms with Gasteiger partial charge in [-0.05, 0) is 54.4 Å². The number of carbonyl (C=O) groups is 1. The average Bonchev–Trinajstić information content (AvgIpc) is 3.21. The van der Waals surface area contributed by atoms with Crippen molar-refractivity contribution >= 4 is 28.3 Å². The number of anilines is 2. The predicted octanol–water partition coefficient (Wildman–Crippen LogP) is 5.20.